The first kappa shape index (κ1) is 11.6. The van der Waals surface area contributed by atoms with Crippen molar-refractivity contribution < 1.29 is 9.59 Å². The molecule has 1 aromatic carbocycles. The van der Waals surface area contributed by atoms with Gasteiger partial charge in [0, 0.05) is 5.56 Å². The number of aromatic hydroxyl groups is 1. The average Bonchev–Trinajstić information content (AvgIpc) is 2.18. The summed E-state index contributed by atoms with van der Waals surface area (Å²) in [6.07, 6.45) is 0. The Morgan fingerprint density at radius 1 is 1.20 bits per heavy atom. The van der Waals surface area contributed by atoms with Gasteiger partial charge < -0.3 is 9.59 Å². The molecule has 0 aliphatic carbocycles. The summed E-state index contributed by atoms with van der Waals surface area (Å²) in [6.45, 7) is 3.63. The van der Waals surface area contributed by atoms with Crippen molar-refractivity contribution in [2.75, 3.05) is 20.6 Å². The third-order valence-corrected chi connectivity index (χ3v) is 2.23. The van der Waals surface area contributed by atoms with Crippen LogP contribution in [0.15, 0.2) is 24.3 Å². The summed E-state index contributed by atoms with van der Waals surface area (Å²) in [5.74, 6) is 6.32. The number of rotatable bonds is 3. The molecule has 80 valence electrons. The molecule has 15 heavy (non-hydrogen) atoms. The molecule has 0 fully saturated rings. The van der Waals surface area contributed by atoms with Crippen molar-refractivity contribution in [2.45, 2.75) is 13.5 Å². The highest BCUT2D eigenvalue weighted by Crippen LogP contribution is 2.13. The zero-order valence-electron chi connectivity index (χ0n) is 9.62. The van der Waals surface area contributed by atoms with Gasteiger partial charge in [-0.1, -0.05) is 0 Å². The molecule has 0 aliphatic heterocycles. The van der Waals surface area contributed by atoms with Crippen molar-refractivity contribution >= 4 is 0 Å². The molecule has 0 aromatic heterocycles. The van der Waals surface area contributed by atoms with Crippen LogP contribution in [0.5, 0.6) is 5.75 Å². The summed E-state index contributed by atoms with van der Waals surface area (Å²) in [4.78, 5) is 0. The van der Waals surface area contributed by atoms with Crippen LogP contribution >= 0.6 is 0 Å². The normalized spacial score (nSPS) is 10.6. The van der Waals surface area contributed by atoms with Gasteiger partial charge in [0.15, 0.2) is 0 Å². The van der Waals surface area contributed by atoms with Gasteiger partial charge in [-0.25, -0.2) is 0 Å². The van der Waals surface area contributed by atoms with Gasteiger partial charge >= 0.3 is 0 Å². The second-order valence-corrected chi connectivity index (χ2v) is 4.35. The van der Waals surface area contributed by atoms with Gasteiger partial charge in [0.05, 0.1) is 14.1 Å². The zero-order valence-corrected chi connectivity index (χ0v) is 9.62. The fraction of sp³-hybridized carbons (Fsp3) is 0.385. The van der Waals surface area contributed by atoms with E-state index in [0.29, 0.717) is 5.75 Å². The Bertz CT molecular complexity index is 368. The first-order valence-electron chi connectivity index (χ1n) is 5.03. The van der Waals surface area contributed by atoms with Crippen LogP contribution in [0.25, 0.3) is 0 Å². The largest absolute Gasteiger partial charge is 0.508 e. The standard InChI is InChI=1S/C13H17NO/c1-4-5-10-14(2,3)11-12-6-8-13(15)9-7-12/h6-9H,10-11H2,1-3H3/p+1. The zero-order chi connectivity index (χ0) is 11.3. The number of hydrogen-bond acceptors (Lipinski definition) is 1. The maximum Gasteiger partial charge on any atom is 0.140 e. The van der Waals surface area contributed by atoms with Crippen LogP contribution in [0.1, 0.15) is 12.5 Å². The van der Waals surface area contributed by atoms with E-state index in [2.05, 4.69) is 25.9 Å². The molecule has 0 saturated heterocycles. The smallest absolute Gasteiger partial charge is 0.140 e. The number of benzene rings is 1. The van der Waals surface area contributed by atoms with Crippen molar-refractivity contribution in [2.24, 2.45) is 0 Å². The Morgan fingerprint density at radius 3 is 2.33 bits per heavy atom. The number of quaternary nitrogens is 1. The van der Waals surface area contributed by atoms with Gasteiger partial charge in [-0.05, 0) is 37.1 Å². The van der Waals surface area contributed by atoms with E-state index in [4.69, 9.17) is 5.11 Å². The van der Waals surface area contributed by atoms with E-state index >= 15 is 0 Å². The molecule has 0 atom stereocenters. The van der Waals surface area contributed by atoms with E-state index in [9.17, 15) is 0 Å². The maximum absolute atomic E-state index is 9.17. The predicted octanol–water partition coefficient (Wildman–Crippen LogP) is 1.99. The molecule has 0 saturated carbocycles. The molecule has 0 unspecified atom stereocenters. The Kier molecular flexibility index (Phi) is 3.76. The molecule has 0 aliphatic rings. The monoisotopic (exact) mass is 204 g/mol. The third-order valence-electron chi connectivity index (χ3n) is 2.23. The molecule has 0 spiro atoms. The van der Waals surface area contributed by atoms with Gasteiger partial charge in [0.2, 0.25) is 0 Å². The van der Waals surface area contributed by atoms with E-state index in [1.807, 2.05) is 19.1 Å². The SMILES string of the molecule is CC#CC[N+](C)(C)Cc1ccc(O)cc1. The summed E-state index contributed by atoms with van der Waals surface area (Å²) in [7, 11) is 4.30. The van der Waals surface area contributed by atoms with Crippen LogP contribution in [-0.4, -0.2) is 30.2 Å². The minimum Gasteiger partial charge on any atom is -0.508 e. The topological polar surface area (TPSA) is 20.2 Å². The fourth-order valence-electron chi connectivity index (χ4n) is 1.44. The van der Waals surface area contributed by atoms with Crippen molar-refractivity contribution in [3.05, 3.63) is 29.8 Å². The van der Waals surface area contributed by atoms with Crippen LogP contribution in [0.2, 0.25) is 0 Å². The van der Waals surface area contributed by atoms with E-state index in [1.165, 1.54) is 5.56 Å². The van der Waals surface area contributed by atoms with E-state index in [0.717, 1.165) is 17.6 Å². The van der Waals surface area contributed by atoms with Crippen molar-refractivity contribution in [1.82, 2.24) is 0 Å². The van der Waals surface area contributed by atoms with Gasteiger partial charge in [-0.2, -0.15) is 0 Å². The van der Waals surface area contributed by atoms with E-state index < -0.39 is 0 Å². The molecule has 1 rings (SSSR count). The Labute approximate surface area is 91.7 Å². The van der Waals surface area contributed by atoms with Crippen molar-refractivity contribution in [1.29, 1.82) is 0 Å². The molecule has 0 heterocycles. The second kappa shape index (κ2) is 4.86. The molecule has 2 nitrogen and oxygen atoms in total. The Morgan fingerprint density at radius 2 is 1.80 bits per heavy atom. The quantitative estimate of drug-likeness (QED) is 0.589. The van der Waals surface area contributed by atoms with Crippen LogP contribution in [0.3, 0.4) is 0 Å². The van der Waals surface area contributed by atoms with Crippen molar-refractivity contribution in [3.8, 4) is 17.6 Å². The summed E-state index contributed by atoms with van der Waals surface area (Å²) in [5, 5.41) is 9.17. The lowest BCUT2D eigenvalue weighted by Crippen LogP contribution is -2.38. The summed E-state index contributed by atoms with van der Waals surface area (Å²) >= 11 is 0. The van der Waals surface area contributed by atoms with Crippen LogP contribution in [0.4, 0.5) is 0 Å². The third kappa shape index (κ3) is 4.05. The van der Waals surface area contributed by atoms with Crippen LogP contribution < -0.4 is 0 Å². The molecule has 0 amide bonds. The average molecular weight is 204 g/mol. The highest BCUT2D eigenvalue weighted by molar-refractivity contribution is 5.25. The first-order chi connectivity index (χ1) is 7.03. The van der Waals surface area contributed by atoms with E-state index in [1.54, 1.807) is 12.1 Å². The molecule has 2 heteroatoms. The molecule has 0 bridgehead atoms. The summed E-state index contributed by atoms with van der Waals surface area (Å²) < 4.78 is 0.839. The number of phenols is 1. The molecule has 1 aromatic rings. The Hall–Kier alpha value is -1.46. The highest BCUT2D eigenvalue weighted by atomic mass is 16.3. The predicted molar refractivity (Wildman–Crippen MR) is 62.2 cm³/mol. The lowest BCUT2D eigenvalue weighted by molar-refractivity contribution is -0.896. The summed E-state index contributed by atoms with van der Waals surface area (Å²) in [6, 6.07) is 7.35. The second-order valence-electron chi connectivity index (χ2n) is 4.35. The Balaban J connectivity index is 2.66. The van der Waals surface area contributed by atoms with Crippen LogP contribution in [-0.2, 0) is 6.54 Å². The van der Waals surface area contributed by atoms with Crippen LogP contribution in [0, 0.1) is 11.8 Å². The number of phenolic OH excluding ortho intramolecular Hbond substituents is 1. The number of nitrogens with zero attached hydrogens (tertiary/aromatic N) is 1. The lowest BCUT2D eigenvalue weighted by Gasteiger charge is -2.27. The van der Waals surface area contributed by atoms with Gasteiger partial charge in [-0.15, -0.1) is 5.92 Å². The first-order valence-corrected chi connectivity index (χ1v) is 5.03. The lowest BCUT2D eigenvalue weighted by atomic mass is 10.2. The maximum atomic E-state index is 9.17. The fourth-order valence-corrected chi connectivity index (χ4v) is 1.44. The van der Waals surface area contributed by atoms with Gasteiger partial charge in [0.25, 0.3) is 0 Å². The molecular formula is C13H18NO+. The molecule has 1 N–H and O–H groups in total. The minimum absolute atomic E-state index is 0.317. The number of hydrogen-bond donors (Lipinski definition) is 1. The summed E-state index contributed by atoms with van der Waals surface area (Å²) in [5.41, 5.74) is 1.22. The van der Waals surface area contributed by atoms with Crippen molar-refractivity contribution in [3.63, 3.8) is 0 Å². The highest BCUT2D eigenvalue weighted by Gasteiger charge is 2.13. The van der Waals surface area contributed by atoms with Gasteiger partial charge in [0.1, 0.15) is 18.8 Å². The van der Waals surface area contributed by atoms with Gasteiger partial charge in [-0.3, -0.25) is 0 Å². The molecular weight excluding hydrogens is 186 g/mol. The minimum atomic E-state index is 0.317. The van der Waals surface area contributed by atoms with E-state index in [-0.39, 0.29) is 0 Å². The molecule has 0 radical (unpaired) electrons.